The number of carboxylic acids is 1. The quantitative estimate of drug-likeness (QED) is 0.844. The van der Waals surface area contributed by atoms with Crippen molar-refractivity contribution >= 4 is 11.9 Å². The highest BCUT2D eigenvalue weighted by Crippen LogP contribution is 2.26. The molecule has 1 aliphatic heterocycles. The zero-order chi connectivity index (χ0) is 17.6. The second kappa shape index (κ2) is 7.90. The number of nitrogens with one attached hydrogen (secondary N) is 1. The Morgan fingerprint density at radius 2 is 1.92 bits per heavy atom. The third-order valence-corrected chi connectivity index (χ3v) is 4.30. The van der Waals surface area contributed by atoms with Gasteiger partial charge in [0.15, 0.2) is 0 Å². The van der Waals surface area contributed by atoms with Crippen molar-refractivity contribution in [2.75, 3.05) is 13.2 Å². The summed E-state index contributed by atoms with van der Waals surface area (Å²) in [6.07, 6.45) is 1.75. The molecule has 1 aromatic heterocycles. The molecule has 1 amide bonds. The van der Waals surface area contributed by atoms with Crippen molar-refractivity contribution in [2.45, 2.75) is 18.9 Å². The number of benzene rings is 1. The molecule has 25 heavy (non-hydrogen) atoms. The van der Waals surface area contributed by atoms with Crippen molar-refractivity contribution in [3.05, 3.63) is 65.5 Å². The molecule has 0 spiro atoms. The maximum atomic E-state index is 12.6. The molecule has 0 radical (unpaired) electrons. The molecule has 6 nitrogen and oxygen atoms in total. The Kier molecular flexibility index (Phi) is 5.40. The first-order valence-corrected chi connectivity index (χ1v) is 8.27. The van der Waals surface area contributed by atoms with Gasteiger partial charge in [-0.2, -0.15) is 0 Å². The van der Waals surface area contributed by atoms with Crippen LogP contribution in [0.5, 0.6) is 0 Å². The lowest BCUT2D eigenvalue weighted by Gasteiger charge is -2.22. The van der Waals surface area contributed by atoms with Crippen LogP contribution in [0.4, 0.5) is 0 Å². The number of amides is 1. The van der Waals surface area contributed by atoms with Crippen LogP contribution in [0, 0.1) is 5.92 Å². The molecule has 130 valence electrons. The van der Waals surface area contributed by atoms with E-state index in [9.17, 15) is 9.59 Å². The maximum Gasteiger partial charge on any atom is 0.354 e. The second-order valence-electron chi connectivity index (χ2n) is 6.12. The van der Waals surface area contributed by atoms with Crippen LogP contribution in [0.25, 0.3) is 0 Å². The number of rotatable bonds is 6. The highest BCUT2D eigenvalue weighted by atomic mass is 16.5. The number of ether oxygens (including phenoxy) is 1. The molecule has 2 N–H and O–H groups in total. The van der Waals surface area contributed by atoms with E-state index in [4.69, 9.17) is 9.84 Å². The number of aromatic nitrogens is 1. The van der Waals surface area contributed by atoms with Gasteiger partial charge in [-0.15, -0.1) is 0 Å². The molecule has 2 heterocycles. The van der Waals surface area contributed by atoms with Crippen molar-refractivity contribution in [3.8, 4) is 0 Å². The van der Waals surface area contributed by atoms with Crippen molar-refractivity contribution in [1.29, 1.82) is 0 Å². The van der Waals surface area contributed by atoms with E-state index in [-0.39, 0.29) is 23.3 Å². The number of carboxylic acid groups (broad SMARTS) is 1. The first-order valence-electron chi connectivity index (χ1n) is 8.27. The zero-order valence-corrected chi connectivity index (χ0v) is 13.7. The zero-order valence-electron chi connectivity index (χ0n) is 13.7. The van der Waals surface area contributed by atoms with E-state index in [1.54, 1.807) is 0 Å². The van der Waals surface area contributed by atoms with E-state index in [0.29, 0.717) is 12.5 Å². The summed E-state index contributed by atoms with van der Waals surface area (Å²) in [5, 5.41) is 12.0. The summed E-state index contributed by atoms with van der Waals surface area (Å²) in [5.41, 5.74) is 0.966. The van der Waals surface area contributed by atoms with Crippen LogP contribution in [-0.4, -0.2) is 35.2 Å². The average molecular weight is 340 g/mol. The van der Waals surface area contributed by atoms with Gasteiger partial charge < -0.3 is 15.2 Å². The Labute approximate surface area is 145 Å². The molecule has 1 fully saturated rings. The lowest BCUT2D eigenvalue weighted by atomic mass is 9.94. The van der Waals surface area contributed by atoms with E-state index in [1.807, 2.05) is 30.3 Å². The molecule has 3 rings (SSSR count). The Bertz CT molecular complexity index is 742. The standard InChI is InChI=1S/C19H20N2O4/c22-18(15-7-4-8-16(20-15)19(23)24)21-17(11-13-9-10-25-12-13)14-5-2-1-3-6-14/h1-8,13,17H,9-12H2,(H,21,22)(H,23,24). The van der Waals surface area contributed by atoms with Gasteiger partial charge in [0, 0.05) is 13.2 Å². The smallest absolute Gasteiger partial charge is 0.354 e. The molecule has 1 aliphatic rings. The first-order chi connectivity index (χ1) is 12.1. The monoisotopic (exact) mass is 340 g/mol. The third kappa shape index (κ3) is 4.42. The summed E-state index contributed by atoms with van der Waals surface area (Å²) < 4.78 is 5.44. The Morgan fingerprint density at radius 3 is 2.60 bits per heavy atom. The number of carbonyl (C=O) groups excluding carboxylic acids is 1. The number of hydrogen-bond donors (Lipinski definition) is 2. The lowest BCUT2D eigenvalue weighted by Crippen LogP contribution is -2.31. The van der Waals surface area contributed by atoms with Gasteiger partial charge >= 0.3 is 5.97 Å². The van der Waals surface area contributed by atoms with Gasteiger partial charge in [0.05, 0.1) is 6.04 Å². The minimum Gasteiger partial charge on any atom is -0.477 e. The van der Waals surface area contributed by atoms with E-state index in [0.717, 1.165) is 25.0 Å². The van der Waals surface area contributed by atoms with E-state index >= 15 is 0 Å². The predicted octanol–water partition coefficient (Wildman–Crippen LogP) is 2.68. The summed E-state index contributed by atoms with van der Waals surface area (Å²) in [6, 6.07) is 14.0. The summed E-state index contributed by atoms with van der Waals surface area (Å²) in [5.74, 6) is -1.14. The number of carbonyl (C=O) groups is 2. The molecule has 2 atom stereocenters. The van der Waals surface area contributed by atoms with Gasteiger partial charge in [0.2, 0.25) is 0 Å². The Hall–Kier alpha value is -2.73. The van der Waals surface area contributed by atoms with Crippen molar-refractivity contribution < 1.29 is 19.4 Å². The molecule has 0 aliphatic carbocycles. The topological polar surface area (TPSA) is 88.5 Å². The van der Waals surface area contributed by atoms with Crippen molar-refractivity contribution in [1.82, 2.24) is 10.3 Å². The fourth-order valence-electron chi connectivity index (χ4n) is 2.98. The van der Waals surface area contributed by atoms with Crippen LogP contribution in [0.1, 0.15) is 45.4 Å². The van der Waals surface area contributed by atoms with E-state index in [2.05, 4.69) is 10.3 Å². The second-order valence-corrected chi connectivity index (χ2v) is 6.12. The molecule has 0 bridgehead atoms. The Morgan fingerprint density at radius 1 is 1.16 bits per heavy atom. The van der Waals surface area contributed by atoms with Crippen LogP contribution in [0.2, 0.25) is 0 Å². The van der Waals surface area contributed by atoms with Crippen molar-refractivity contribution in [2.24, 2.45) is 5.92 Å². The molecule has 1 saturated heterocycles. The highest BCUT2D eigenvalue weighted by molar-refractivity contribution is 5.94. The van der Waals surface area contributed by atoms with E-state index in [1.165, 1.54) is 18.2 Å². The number of aromatic carboxylic acids is 1. The third-order valence-electron chi connectivity index (χ3n) is 4.30. The fourth-order valence-corrected chi connectivity index (χ4v) is 2.98. The molecule has 1 aromatic carbocycles. The van der Waals surface area contributed by atoms with Crippen LogP contribution in [0.3, 0.4) is 0 Å². The number of nitrogens with zero attached hydrogens (tertiary/aromatic N) is 1. The van der Waals surface area contributed by atoms with Gasteiger partial charge in [-0.3, -0.25) is 4.79 Å². The average Bonchev–Trinajstić information content (AvgIpc) is 3.15. The SMILES string of the molecule is O=C(O)c1cccc(C(=O)NC(CC2CCOC2)c2ccccc2)n1. The molecule has 0 saturated carbocycles. The normalized spacial score (nSPS) is 17.8. The lowest BCUT2D eigenvalue weighted by molar-refractivity contribution is 0.0690. The van der Waals surface area contributed by atoms with Crippen LogP contribution in [0.15, 0.2) is 48.5 Å². The van der Waals surface area contributed by atoms with Crippen molar-refractivity contribution in [3.63, 3.8) is 0 Å². The van der Waals surface area contributed by atoms with Crippen LogP contribution in [-0.2, 0) is 4.74 Å². The van der Waals surface area contributed by atoms with Gasteiger partial charge in [-0.1, -0.05) is 36.4 Å². The fraction of sp³-hybridized carbons (Fsp3) is 0.316. The minimum absolute atomic E-state index is 0.100. The molecule has 2 aromatic rings. The highest BCUT2D eigenvalue weighted by Gasteiger charge is 2.24. The molecule has 2 unspecified atom stereocenters. The van der Waals surface area contributed by atoms with Crippen LogP contribution < -0.4 is 5.32 Å². The van der Waals surface area contributed by atoms with Gasteiger partial charge in [-0.05, 0) is 36.5 Å². The van der Waals surface area contributed by atoms with Gasteiger partial charge in [-0.25, -0.2) is 9.78 Å². The minimum atomic E-state index is -1.16. The number of pyridine rings is 1. The molecular formula is C19H20N2O4. The van der Waals surface area contributed by atoms with Crippen LogP contribution >= 0.6 is 0 Å². The maximum absolute atomic E-state index is 12.6. The largest absolute Gasteiger partial charge is 0.477 e. The van der Waals surface area contributed by atoms with E-state index < -0.39 is 5.97 Å². The summed E-state index contributed by atoms with van der Waals surface area (Å²) in [4.78, 5) is 27.5. The summed E-state index contributed by atoms with van der Waals surface area (Å²) >= 11 is 0. The Balaban J connectivity index is 1.78. The van der Waals surface area contributed by atoms with Gasteiger partial charge in [0.25, 0.3) is 5.91 Å². The molecular weight excluding hydrogens is 320 g/mol. The summed E-state index contributed by atoms with van der Waals surface area (Å²) in [7, 11) is 0. The first kappa shape index (κ1) is 17.1. The predicted molar refractivity (Wildman–Crippen MR) is 91.4 cm³/mol. The molecule has 6 heteroatoms. The number of hydrogen-bond acceptors (Lipinski definition) is 4. The van der Waals surface area contributed by atoms with Gasteiger partial charge in [0.1, 0.15) is 11.4 Å². The summed E-state index contributed by atoms with van der Waals surface area (Å²) in [6.45, 7) is 1.45.